The predicted octanol–water partition coefficient (Wildman–Crippen LogP) is 13.7. The van der Waals surface area contributed by atoms with E-state index in [0.717, 1.165) is 45.0 Å². The fraction of sp³-hybridized carbons (Fsp3) is 0.917. The number of rotatable bonds is 25. The van der Waals surface area contributed by atoms with E-state index in [1.807, 2.05) is 13.8 Å². The lowest BCUT2D eigenvalue weighted by molar-refractivity contribution is -0.117. The standard InChI is InChI=1S/C17H31.C14H27NO.C7H16.C6H13NO.C2H6.CH4O.CH4/c1-3-5-7-10-16(11-8-6-4-2)12-9-13-17-14-15-17;1-13-9-8-12-15(13)11-7-5-3-4-6-10-14(2)16;1-3-5-7-6-4-2;1-7-3-2-6(4-7)5-8;2*1-2;/h14-16H,3-13H2,1-2H3;13H,3-12H2,1-2H3;3-7H2,1-2H3;6,8H,2-5H2,1H3;1-2H3;2H,1H3;1H4/t;13-;;6-;;;/m.1.1.../s1. The summed E-state index contributed by atoms with van der Waals surface area (Å²) in [6.45, 7) is 22.3. The van der Waals surface area contributed by atoms with Gasteiger partial charge in [-0.15, -0.1) is 0 Å². The highest BCUT2D eigenvalue weighted by Crippen LogP contribution is 2.28. The lowest BCUT2D eigenvalue weighted by Gasteiger charge is -2.20. The molecule has 2 N–H and O–H groups in total. The first kappa shape index (κ1) is 58.9. The first-order valence-electron chi connectivity index (χ1n) is 22.8. The summed E-state index contributed by atoms with van der Waals surface area (Å²) in [5.74, 6) is 1.92. The normalized spacial score (nSPS) is 17.3. The molecular weight excluding hydrogens is 653 g/mol. The fourth-order valence-electron chi connectivity index (χ4n) is 7.02. The monoisotopic (exact) mass is 754 g/mol. The zero-order valence-corrected chi connectivity index (χ0v) is 37.3. The van der Waals surface area contributed by atoms with E-state index in [2.05, 4.69) is 64.0 Å². The lowest BCUT2D eigenvalue weighted by atomic mass is 9.90. The summed E-state index contributed by atoms with van der Waals surface area (Å²) >= 11 is 0. The number of carbonyl (C=O) groups is 1. The number of Topliss-reactive ketones (excluding diaryl/α,β-unsaturated/α-hetero) is 1. The number of unbranched alkanes of at least 4 members (excludes halogenated alkanes) is 12. The van der Waals surface area contributed by atoms with Gasteiger partial charge >= 0.3 is 0 Å². The van der Waals surface area contributed by atoms with Gasteiger partial charge in [-0.2, -0.15) is 0 Å². The molecule has 0 bridgehead atoms. The molecule has 5 heteroatoms. The maximum Gasteiger partial charge on any atom is 0.129 e. The first-order valence-corrected chi connectivity index (χ1v) is 22.8. The number of carbonyl (C=O) groups excluding carboxylic acids is 1. The fourth-order valence-corrected chi connectivity index (χ4v) is 7.02. The van der Waals surface area contributed by atoms with Gasteiger partial charge in [-0.1, -0.05) is 170 Å². The molecule has 1 radical (unpaired) electrons. The van der Waals surface area contributed by atoms with Crippen molar-refractivity contribution in [1.29, 1.82) is 0 Å². The van der Waals surface area contributed by atoms with Gasteiger partial charge in [0.05, 0.1) is 0 Å². The molecule has 0 unspecified atom stereocenters. The molecule has 0 aromatic heterocycles. The lowest BCUT2D eigenvalue weighted by Crippen LogP contribution is -2.27. The van der Waals surface area contributed by atoms with Gasteiger partial charge < -0.3 is 24.8 Å². The van der Waals surface area contributed by atoms with Crippen LogP contribution in [0.2, 0.25) is 0 Å². The number of nitrogens with zero attached hydrogens (tertiary/aromatic N) is 2. The summed E-state index contributed by atoms with van der Waals surface area (Å²) in [5.41, 5.74) is 1.60. The van der Waals surface area contributed by atoms with Crippen molar-refractivity contribution in [3.8, 4) is 0 Å². The van der Waals surface area contributed by atoms with Gasteiger partial charge in [0.1, 0.15) is 5.78 Å². The highest BCUT2D eigenvalue weighted by molar-refractivity contribution is 5.75. The quantitative estimate of drug-likeness (QED) is 0.0909. The highest BCUT2D eigenvalue weighted by atomic mass is 16.3. The summed E-state index contributed by atoms with van der Waals surface area (Å²) in [5, 5.41) is 15.7. The van der Waals surface area contributed by atoms with Gasteiger partial charge in [0.25, 0.3) is 0 Å². The second kappa shape index (κ2) is 47.4. The van der Waals surface area contributed by atoms with Crippen LogP contribution in [0, 0.1) is 18.3 Å². The van der Waals surface area contributed by atoms with E-state index >= 15 is 0 Å². The number of allylic oxidation sites excluding steroid dienone is 2. The van der Waals surface area contributed by atoms with Crippen molar-refractivity contribution in [2.24, 2.45) is 11.8 Å². The van der Waals surface area contributed by atoms with Crippen molar-refractivity contribution >= 4 is 5.78 Å². The van der Waals surface area contributed by atoms with Crippen LogP contribution in [0.3, 0.4) is 0 Å². The largest absolute Gasteiger partial charge is 0.400 e. The van der Waals surface area contributed by atoms with Gasteiger partial charge in [0, 0.05) is 39.1 Å². The summed E-state index contributed by atoms with van der Waals surface area (Å²) in [7, 11) is 3.09. The Balaban J connectivity index is -0.000000307. The third-order valence-corrected chi connectivity index (χ3v) is 10.5. The van der Waals surface area contributed by atoms with Crippen LogP contribution in [0.5, 0.6) is 0 Å². The number of aliphatic hydroxyl groups is 2. The van der Waals surface area contributed by atoms with Gasteiger partial charge in [0.2, 0.25) is 0 Å². The van der Waals surface area contributed by atoms with Crippen molar-refractivity contribution in [3.63, 3.8) is 0 Å². The van der Waals surface area contributed by atoms with Crippen molar-refractivity contribution in [3.05, 3.63) is 18.1 Å². The van der Waals surface area contributed by atoms with Crippen LogP contribution in [0.4, 0.5) is 0 Å². The molecule has 2 heterocycles. The molecule has 2 fully saturated rings. The second-order valence-electron chi connectivity index (χ2n) is 15.6. The van der Waals surface area contributed by atoms with E-state index in [-0.39, 0.29) is 7.43 Å². The molecule has 0 saturated carbocycles. The van der Waals surface area contributed by atoms with Crippen molar-refractivity contribution in [2.45, 2.75) is 229 Å². The molecule has 321 valence electrons. The molecule has 53 heavy (non-hydrogen) atoms. The van der Waals surface area contributed by atoms with Crippen molar-refractivity contribution in [1.82, 2.24) is 9.80 Å². The Kier molecular flexibility index (Phi) is 52.7. The Labute approximate surface area is 335 Å². The summed E-state index contributed by atoms with van der Waals surface area (Å²) in [4.78, 5) is 15.6. The minimum absolute atomic E-state index is 0. The molecule has 5 nitrogen and oxygen atoms in total. The van der Waals surface area contributed by atoms with Crippen molar-refractivity contribution < 1.29 is 15.0 Å². The molecule has 2 saturated heterocycles. The maximum absolute atomic E-state index is 10.7. The van der Waals surface area contributed by atoms with E-state index < -0.39 is 0 Å². The number of hydrogen-bond acceptors (Lipinski definition) is 5. The van der Waals surface area contributed by atoms with Crippen LogP contribution >= 0.6 is 0 Å². The Bertz CT molecular complexity index is 714. The predicted molar refractivity (Wildman–Crippen MR) is 240 cm³/mol. The average Bonchev–Trinajstić information content (AvgIpc) is 3.74. The SMILES string of the molecule is C.CC.CC(=O)CCCCCCCN1CCC[C@H]1C.CCCCCC(CCCCC)CCCC1=C[CH]1.CCCCCCC.CN1CC[C@@H](CO)C1.CO. The number of likely N-dealkylation sites (tertiary alicyclic amines) is 2. The molecule has 0 amide bonds. The molecule has 0 spiro atoms. The van der Waals surface area contributed by atoms with E-state index in [1.54, 1.807) is 12.5 Å². The topological polar surface area (TPSA) is 64.0 Å². The number of hydrogen-bond donors (Lipinski definition) is 2. The van der Waals surface area contributed by atoms with Gasteiger partial charge in [0.15, 0.2) is 0 Å². The van der Waals surface area contributed by atoms with Crippen LogP contribution < -0.4 is 0 Å². The molecule has 3 aliphatic rings. The molecule has 1 aliphatic carbocycles. The molecule has 2 aliphatic heterocycles. The van der Waals surface area contributed by atoms with Crippen LogP contribution in [-0.2, 0) is 4.79 Å². The first-order chi connectivity index (χ1) is 25.3. The van der Waals surface area contributed by atoms with Gasteiger partial charge in [-0.05, 0) is 97.3 Å². The van der Waals surface area contributed by atoms with Gasteiger partial charge in [-0.25, -0.2) is 0 Å². The van der Waals surface area contributed by atoms with Crippen molar-refractivity contribution in [2.75, 3.05) is 46.9 Å². The summed E-state index contributed by atoms with van der Waals surface area (Å²) < 4.78 is 0. The second-order valence-corrected chi connectivity index (χ2v) is 15.6. The van der Waals surface area contributed by atoms with Gasteiger partial charge in [-0.3, -0.25) is 0 Å². The molecule has 3 rings (SSSR count). The Hall–Kier alpha value is -0.750. The van der Waals surface area contributed by atoms with E-state index in [9.17, 15) is 4.79 Å². The summed E-state index contributed by atoms with van der Waals surface area (Å²) in [6, 6.07) is 0.817. The molecule has 2 atom stereocenters. The van der Waals surface area contributed by atoms with Crippen LogP contribution in [0.25, 0.3) is 0 Å². The minimum Gasteiger partial charge on any atom is -0.400 e. The maximum atomic E-state index is 10.7. The minimum atomic E-state index is 0. The number of aliphatic hydroxyl groups excluding tert-OH is 2. The third-order valence-electron chi connectivity index (χ3n) is 10.5. The van der Waals surface area contributed by atoms with Crippen LogP contribution in [-0.4, -0.2) is 78.8 Å². The smallest absolute Gasteiger partial charge is 0.129 e. The van der Waals surface area contributed by atoms with E-state index in [0.29, 0.717) is 18.3 Å². The Morgan fingerprint density at radius 2 is 1.25 bits per heavy atom. The Morgan fingerprint density at radius 3 is 1.66 bits per heavy atom. The van der Waals surface area contributed by atoms with E-state index in [1.165, 1.54) is 161 Å². The zero-order valence-electron chi connectivity index (χ0n) is 37.3. The molecule has 0 aromatic carbocycles. The molecule has 0 aromatic rings. The third kappa shape index (κ3) is 43.8. The highest BCUT2D eigenvalue weighted by Gasteiger charge is 2.19. The molecular formula is C48H101N2O3. The van der Waals surface area contributed by atoms with E-state index in [4.69, 9.17) is 10.2 Å². The van der Waals surface area contributed by atoms with Crippen LogP contribution in [0.1, 0.15) is 223 Å². The average molecular weight is 754 g/mol. The Morgan fingerprint density at radius 1 is 0.755 bits per heavy atom. The summed E-state index contributed by atoms with van der Waals surface area (Å²) in [6.07, 6.45) is 38.3. The number of ketones is 1. The zero-order chi connectivity index (χ0) is 39.7. The van der Waals surface area contributed by atoms with Crippen LogP contribution in [0.15, 0.2) is 11.6 Å².